The highest BCUT2D eigenvalue weighted by molar-refractivity contribution is 8.02. The van der Waals surface area contributed by atoms with Crippen LogP contribution in [0.2, 0.25) is 0 Å². The molecule has 0 aliphatic rings. The van der Waals surface area contributed by atoms with Crippen molar-refractivity contribution in [2.75, 3.05) is 11.9 Å². The summed E-state index contributed by atoms with van der Waals surface area (Å²) in [5, 5.41) is 6.69. The van der Waals surface area contributed by atoms with Gasteiger partial charge in [0.15, 0.2) is 4.34 Å². The van der Waals surface area contributed by atoms with Crippen molar-refractivity contribution in [3.05, 3.63) is 53.5 Å². The van der Waals surface area contributed by atoms with Crippen molar-refractivity contribution in [3.63, 3.8) is 0 Å². The lowest BCUT2D eigenvalue weighted by Crippen LogP contribution is -2.22. The van der Waals surface area contributed by atoms with Crippen LogP contribution in [0, 0.1) is 0 Å². The quantitative estimate of drug-likeness (QED) is 0.466. The molecule has 0 aliphatic carbocycles. The average Bonchev–Trinajstić information content (AvgIpc) is 3.08. The fourth-order valence-corrected chi connectivity index (χ4v) is 4.48. The van der Waals surface area contributed by atoms with E-state index in [1.165, 1.54) is 23.1 Å². The molecule has 140 valence electrons. The molecule has 0 saturated carbocycles. The van der Waals surface area contributed by atoms with E-state index in [2.05, 4.69) is 10.3 Å². The van der Waals surface area contributed by atoms with Crippen LogP contribution in [0.5, 0.6) is 0 Å². The zero-order valence-electron chi connectivity index (χ0n) is 15.1. The highest BCUT2D eigenvalue weighted by Crippen LogP contribution is 2.28. The van der Waals surface area contributed by atoms with Crippen molar-refractivity contribution in [2.45, 2.75) is 29.9 Å². The number of carbonyl (C=O) groups is 2. The number of carbonyl (C=O) groups excluding carboxylic acids is 2. The highest BCUT2D eigenvalue weighted by Gasteiger charge is 2.17. The highest BCUT2D eigenvalue weighted by atomic mass is 32.2. The summed E-state index contributed by atoms with van der Waals surface area (Å²) in [6.07, 6.45) is 0.155. The van der Waals surface area contributed by atoms with Crippen molar-refractivity contribution < 1.29 is 14.3 Å². The Kier molecular flexibility index (Phi) is 6.47. The standard InChI is InChI=1S/C20H20N2O3S2/c1-3-25-18(23)11-17-12-26-20(22-17)27-13(2)19(24)21-16-9-8-14-6-4-5-7-15(14)10-16/h4-10,12-13H,3,11H2,1-2H3,(H,21,24). The smallest absolute Gasteiger partial charge is 0.311 e. The van der Waals surface area contributed by atoms with E-state index < -0.39 is 0 Å². The molecule has 1 N–H and O–H groups in total. The summed E-state index contributed by atoms with van der Waals surface area (Å²) in [6, 6.07) is 13.9. The second kappa shape index (κ2) is 9.01. The van der Waals surface area contributed by atoms with Gasteiger partial charge in [-0.3, -0.25) is 9.59 Å². The fraction of sp³-hybridized carbons (Fsp3) is 0.250. The molecule has 5 nitrogen and oxygen atoms in total. The third-order valence-corrected chi connectivity index (χ3v) is 5.95. The third-order valence-electron chi connectivity index (χ3n) is 3.83. The largest absolute Gasteiger partial charge is 0.466 e. The molecule has 1 heterocycles. The molecule has 1 atom stereocenters. The van der Waals surface area contributed by atoms with Gasteiger partial charge in [-0.15, -0.1) is 11.3 Å². The van der Waals surface area contributed by atoms with Gasteiger partial charge in [0, 0.05) is 11.1 Å². The molecule has 7 heteroatoms. The predicted octanol–water partition coefficient (Wildman–Crippen LogP) is 4.52. The lowest BCUT2D eigenvalue weighted by molar-refractivity contribution is -0.142. The van der Waals surface area contributed by atoms with Crippen molar-refractivity contribution in [1.29, 1.82) is 0 Å². The minimum atomic E-state index is -0.307. The molecule has 1 amide bonds. The Hall–Kier alpha value is -2.38. The number of rotatable bonds is 7. The summed E-state index contributed by atoms with van der Waals surface area (Å²) in [6.45, 7) is 3.97. The number of esters is 1. The number of thioether (sulfide) groups is 1. The first-order valence-corrected chi connectivity index (χ1v) is 10.4. The molecule has 3 aromatic rings. The minimum Gasteiger partial charge on any atom is -0.466 e. The van der Waals surface area contributed by atoms with E-state index in [4.69, 9.17) is 4.74 Å². The molecule has 2 aromatic carbocycles. The van der Waals surface area contributed by atoms with Crippen molar-refractivity contribution >= 4 is 51.4 Å². The van der Waals surface area contributed by atoms with E-state index in [0.717, 1.165) is 20.8 Å². The summed E-state index contributed by atoms with van der Waals surface area (Å²) in [4.78, 5) is 28.4. The van der Waals surface area contributed by atoms with Crippen LogP contribution < -0.4 is 5.32 Å². The maximum Gasteiger partial charge on any atom is 0.311 e. The molecule has 0 fully saturated rings. The van der Waals surface area contributed by atoms with Gasteiger partial charge in [-0.2, -0.15) is 0 Å². The van der Waals surface area contributed by atoms with Crippen LogP contribution in [-0.4, -0.2) is 28.7 Å². The Morgan fingerprint density at radius 1 is 1.22 bits per heavy atom. The summed E-state index contributed by atoms with van der Waals surface area (Å²) < 4.78 is 5.69. The van der Waals surface area contributed by atoms with Gasteiger partial charge in [0.05, 0.1) is 24.0 Å². The minimum absolute atomic E-state index is 0.0857. The van der Waals surface area contributed by atoms with Crippen LogP contribution in [-0.2, 0) is 20.7 Å². The van der Waals surface area contributed by atoms with E-state index in [-0.39, 0.29) is 23.5 Å². The van der Waals surface area contributed by atoms with Gasteiger partial charge < -0.3 is 10.1 Å². The van der Waals surface area contributed by atoms with Gasteiger partial charge in [0.25, 0.3) is 0 Å². The van der Waals surface area contributed by atoms with Gasteiger partial charge >= 0.3 is 5.97 Å². The van der Waals surface area contributed by atoms with E-state index >= 15 is 0 Å². The molecule has 1 unspecified atom stereocenters. The molecule has 0 spiro atoms. The molecule has 27 heavy (non-hydrogen) atoms. The van der Waals surface area contributed by atoms with Crippen molar-refractivity contribution in [3.8, 4) is 0 Å². The normalized spacial score (nSPS) is 11.9. The van der Waals surface area contributed by atoms with E-state index in [0.29, 0.717) is 12.3 Å². The average molecular weight is 401 g/mol. The SMILES string of the molecule is CCOC(=O)Cc1csc(SC(C)C(=O)Nc2ccc3ccccc3c2)n1. The van der Waals surface area contributed by atoms with Crippen LogP contribution >= 0.6 is 23.1 Å². The lowest BCUT2D eigenvalue weighted by atomic mass is 10.1. The Labute approximate surface area is 166 Å². The van der Waals surface area contributed by atoms with Gasteiger partial charge in [-0.05, 0) is 36.8 Å². The molecule has 0 radical (unpaired) electrons. The number of amides is 1. The maximum atomic E-state index is 12.5. The number of fused-ring (bicyclic) bond motifs is 1. The van der Waals surface area contributed by atoms with Gasteiger partial charge in [-0.25, -0.2) is 4.98 Å². The number of hydrogen-bond acceptors (Lipinski definition) is 6. The summed E-state index contributed by atoms with van der Waals surface area (Å²) >= 11 is 2.81. The van der Waals surface area contributed by atoms with Crippen LogP contribution in [0.25, 0.3) is 10.8 Å². The number of thiazole rings is 1. The topological polar surface area (TPSA) is 68.3 Å². The zero-order chi connectivity index (χ0) is 19.2. The number of hydrogen-bond donors (Lipinski definition) is 1. The first-order chi connectivity index (χ1) is 13.0. The second-order valence-electron chi connectivity index (χ2n) is 5.90. The number of ether oxygens (including phenoxy) is 1. The summed E-state index contributed by atoms with van der Waals surface area (Å²) in [5.74, 6) is -0.376. The molecule has 0 saturated heterocycles. The van der Waals surface area contributed by atoms with Crippen LogP contribution in [0.3, 0.4) is 0 Å². The number of aromatic nitrogens is 1. The maximum absolute atomic E-state index is 12.5. The number of nitrogens with one attached hydrogen (secondary N) is 1. The van der Waals surface area contributed by atoms with Gasteiger partial charge in [-0.1, -0.05) is 42.1 Å². The first-order valence-electron chi connectivity index (χ1n) is 8.61. The van der Waals surface area contributed by atoms with Gasteiger partial charge in [0.1, 0.15) is 0 Å². The van der Waals surface area contributed by atoms with Gasteiger partial charge in [0.2, 0.25) is 5.91 Å². The Morgan fingerprint density at radius 2 is 2.00 bits per heavy atom. The number of anilines is 1. The molecular weight excluding hydrogens is 380 g/mol. The fourth-order valence-electron chi connectivity index (χ4n) is 2.50. The number of benzene rings is 2. The Balaban J connectivity index is 1.58. The molecular formula is C20H20N2O3S2. The van der Waals surface area contributed by atoms with Crippen molar-refractivity contribution in [1.82, 2.24) is 4.98 Å². The van der Waals surface area contributed by atoms with Crippen LogP contribution in [0.1, 0.15) is 19.5 Å². The lowest BCUT2D eigenvalue weighted by Gasteiger charge is -2.11. The molecule has 3 rings (SSSR count). The van der Waals surface area contributed by atoms with Crippen molar-refractivity contribution in [2.24, 2.45) is 0 Å². The Morgan fingerprint density at radius 3 is 2.78 bits per heavy atom. The van der Waals surface area contributed by atoms with E-state index in [1.807, 2.05) is 54.8 Å². The summed E-state index contributed by atoms with van der Waals surface area (Å²) in [7, 11) is 0. The van der Waals surface area contributed by atoms with Crippen LogP contribution in [0.4, 0.5) is 5.69 Å². The monoisotopic (exact) mass is 400 g/mol. The summed E-state index contributed by atoms with van der Waals surface area (Å²) in [5.41, 5.74) is 1.44. The predicted molar refractivity (Wildman–Crippen MR) is 110 cm³/mol. The first kappa shape index (κ1) is 19.4. The van der Waals surface area contributed by atoms with E-state index in [9.17, 15) is 9.59 Å². The number of nitrogens with zero attached hydrogens (tertiary/aromatic N) is 1. The molecule has 1 aromatic heterocycles. The van der Waals surface area contributed by atoms with E-state index in [1.54, 1.807) is 6.92 Å². The third kappa shape index (κ3) is 5.30. The zero-order valence-corrected chi connectivity index (χ0v) is 16.7. The Bertz CT molecular complexity index is 955. The second-order valence-corrected chi connectivity index (χ2v) is 8.34. The van der Waals surface area contributed by atoms with Crippen LogP contribution in [0.15, 0.2) is 52.2 Å². The molecule has 0 bridgehead atoms. The molecule has 0 aliphatic heterocycles.